The zero-order valence-electron chi connectivity index (χ0n) is 14.5. The van der Waals surface area contributed by atoms with Crippen molar-refractivity contribution in [1.82, 2.24) is 14.3 Å². The van der Waals surface area contributed by atoms with Gasteiger partial charge in [0.2, 0.25) is 10.0 Å². The van der Waals surface area contributed by atoms with Gasteiger partial charge in [-0.3, -0.25) is 9.59 Å². The Kier molecular flexibility index (Phi) is 4.12. The second kappa shape index (κ2) is 6.36. The van der Waals surface area contributed by atoms with Crippen molar-refractivity contribution in [2.24, 2.45) is 0 Å². The van der Waals surface area contributed by atoms with E-state index >= 15 is 0 Å². The fourth-order valence-electron chi connectivity index (χ4n) is 3.18. The number of hydrogen-bond donors (Lipinski definition) is 2. The number of para-hydroxylation sites is 1. The van der Waals surface area contributed by atoms with E-state index in [1.807, 2.05) is 24.3 Å². The molecule has 27 heavy (non-hydrogen) atoms. The molecule has 1 aliphatic rings. The van der Waals surface area contributed by atoms with Gasteiger partial charge in [-0.05, 0) is 30.7 Å². The molecule has 2 aromatic carbocycles. The highest BCUT2D eigenvalue weighted by molar-refractivity contribution is 7.89. The number of H-pyrrole nitrogens is 2. The second-order valence-corrected chi connectivity index (χ2v) is 8.27. The van der Waals surface area contributed by atoms with Gasteiger partial charge in [-0.25, -0.2) is 8.42 Å². The maximum absolute atomic E-state index is 13.3. The minimum atomic E-state index is -3.83. The minimum Gasteiger partial charge on any atom is -0.492 e. The number of ether oxygens (including phenoxy) is 1. The second-order valence-electron chi connectivity index (χ2n) is 6.37. The number of benzene rings is 2. The van der Waals surface area contributed by atoms with Crippen LogP contribution in [0.1, 0.15) is 11.1 Å². The molecule has 140 valence electrons. The molecule has 0 aliphatic carbocycles. The molecular weight excluding hydrogens is 370 g/mol. The molecule has 1 aromatic heterocycles. The van der Waals surface area contributed by atoms with Gasteiger partial charge < -0.3 is 14.7 Å². The molecule has 0 radical (unpaired) electrons. The number of nitrogens with one attached hydrogen (secondary N) is 2. The molecule has 4 rings (SSSR count). The van der Waals surface area contributed by atoms with Crippen LogP contribution in [-0.2, 0) is 16.6 Å². The van der Waals surface area contributed by atoms with Crippen molar-refractivity contribution < 1.29 is 13.2 Å². The van der Waals surface area contributed by atoms with Gasteiger partial charge in [-0.2, -0.15) is 4.31 Å². The van der Waals surface area contributed by atoms with Gasteiger partial charge in [0.05, 0.1) is 15.9 Å². The van der Waals surface area contributed by atoms with E-state index in [0.29, 0.717) is 16.8 Å². The summed E-state index contributed by atoms with van der Waals surface area (Å²) in [5.41, 5.74) is 0.292. The summed E-state index contributed by atoms with van der Waals surface area (Å²) >= 11 is 0. The van der Waals surface area contributed by atoms with Crippen LogP contribution in [0.2, 0.25) is 0 Å². The lowest BCUT2D eigenvalue weighted by Crippen LogP contribution is -2.33. The topological polar surface area (TPSA) is 112 Å². The van der Waals surface area contributed by atoms with E-state index in [-0.39, 0.29) is 30.1 Å². The van der Waals surface area contributed by atoms with Gasteiger partial charge in [0.15, 0.2) is 0 Å². The molecule has 0 spiro atoms. The number of hydrogen-bond acceptors (Lipinski definition) is 5. The largest absolute Gasteiger partial charge is 0.492 e. The summed E-state index contributed by atoms with van der Waals surface area (Å²) in [4.78, 5) is 28.0. The maximum atomic E-state index is 13.3. The van der Waals surface area contributed by atoms with E-state index in [4.69, 9.17) is 4.74 Å². The van der Waals surface area contributed by atoms with E-state index in [0.717, 1.165) is 5.56 Å². The van der Waals surface area contributed by atoms with Gasteiger partial charge in [-0.15, -0.1) is 0 Å². The third kappa shape index (κ3) is 3.04. The molecule has 2 heterocycles. The highest BCUT2D eigenvalue weighted by Gasteiger charge is 2.29. The third-order valence-electron chi connectivity index (χ3n) is 4.55. The van der Waals surface area contributed by atoms with Crippen LogP contribution in [0.3, 0.4) is 0 Å². The molecule has 9 heteroatoms. The van der Waals surface area contributed by atoms with E-state index in [2.05, 4.69) is 9.97 Å². The zero-order chi connectivity index (χ0) is 19.2. The van der Waals surface area contributed by atoms with Crippen LogP contribution in [0.4, 0.5) is 0 Å². The van der Waals surface area contributed by atoms with E-state index < -0.39 is 21.1 Å². The van der Waals surface area contributed by atoms with Crippen LogP contribution in [0, 0.1) is 6.92 Å². The van der Waals surface area contributed by atoms with Crippen molar-refractivity contribution >= 4 is 21.1 Å². The van der Waals surface area contributed by atoms with Crippen molar-refractivity contribution in [2.45, 2.75) is 18.4 Å². The summed E-state index contributed by atoms with van der Waals surface area (Å²) in [5.74, 6) is 0.673. The number of aryl methyl sites for hydroxylation is 1. The highest BCUT2D eigenvalue weighted by atomic mass is 32.2. The average molecular weight is 387 g/mol. The van der Waals surface area contributed by atoms with Crippen molar-refractivity contribution in [3.05, 3.63) is 68.2 Å². The molecule has 0 atom stereocenters. The van der Waals surface area contributed by atoms with Crippen molar-refractivity contribution in [2.75, 3.05) is 13.2 Å². The molecule has 0 saturated carbocycles. The minimum absolute atomic E-state index is 0.0806. The SMILES string of the molecule is Cc1cc2[nH]c(=O)c(=O)[nH]c2cc1S(=O)(=O)N1CCOc2ccccc2C1. The van der Waals surface area contributed by atoms with Crippen LogP contribution in [0.25, 0.3) is 11.0 Å². The molecule has 8 nitrogen and oxygen atoms in total. The summed E-state index contributed by atoms with van der Waals surface area (Å²) in [6.07, 6.45) is 0. The molecule has 0 unspecified atom stereocenters. The summed E-state index contributed by atoms with van der Waals surface area (Å²) < 4.78 is 33.5. The summed E-state index contributed by atoms with van der Waals surface area (Å²) in [6, 6.07) is 10.2. The van der Waals surface area contributed by atoms with E-state index in [9.17, 15) is 18.0 Å². The number of nitrogens with zero attached hydrogens (tertiary/aromatic N) is 1. The van der Waals surface area contributed by atoms with Crippen LogP contribution in [0.5, 0.6) is 5.75 Å². The first kappa shape index (κ1) is 17.5. The van der Waals surface area contributed by atoms with Gasteiger partial charge in [0.25, 0.3) is 0 Å². The van der Waals surface area contributed by atoms with Gasteiger partial charge >= 0.3 is 11.1 Å². The molecule has 1 aliphatic heterocycles. The highest BCUT2D eigenvalue weighted by Crippen LogP contribution is 2.28. The molecule has 2 N–H and O–H groups in total. The Morgan fingerprint density at radius 1 is 1.04 bits per heavy atom. The average Bonchev–Trinajstić information content (AvgIpc) is 2.85. The van der Waals surface area contributed by atoms with E-state index in [1.54, 1.807) is 13.0 Å². The maximum Gasteiger partial charge on any atom is 0.314 e. The van der Waals surface area contributed by atoms with Crippen LogP contribution < -0.4 is 15.9 Å². The predicted octanol–water partition coefficient (Wildman–Crippen LogP) is 1.11. The van der Waals surface area contributed by atoms with Gasteiger partial charge in [0, 0.05) is 18.7 Å². The Bertz CT molecular complexity index is 1260. The lowest BCUT2D eigenvalue weighted by molar-refractivity contribution is 0.293. The Morgan fingerprint density at radius 3 is 2.44 bits per heavy atom. The first-order chi connectivity index (χ1) is 12.9. The predicted molar refractivity (Wildman–Crippen MR) is 99.5 cm³/mol. The van der Waals surface area contributed by atoms with Gasteiger partial charge in [-0.1, -0.05) is 18.2 Å². The Morgan fingerprint density at radius 2 is 1.70 bits per heavy atom. The standard InChI is InChI=1S/C18H17N3O5S/c1-11-8-13-14(20-18(23)17(22)19-13)9-16(11)27(24,25)21-6-7-26-15-5-3-2-4-12(15)10-21/h2-5,8-9H,6-7,10H2,1H3,(H,19,22)(H,20,23). The van der Waals surface area contributed by atoms with Crippen LogP contribution in [-0.4, -0.2) is 35.8 Å². The van der Waals surface area contributed by atoms with Gasteiger partial charge in [0.1, 0.15) is 12.4 Å². The lowest BCUT2D eigenvalue weighted by atomic mass is 10.2. The Hall–Kier alpha value is -2.91. The summed E-state index contributed by atoms with van der Waals surface area (Å²) in [5, 5.41) is 0. The molecular formula is C18H17N3O5S. The number of aromatic nitrogens is 2. The molecule has 3 aromatic rings. The molecule has 0 amide bonds. The fraction of sp³-hybridized carbons (Fsp3) is 0.222. The first-order valence-electron chi connectivity index (χ1n) is 8.34. The zero-order valence-corrected chi connectivity index (χ0v) is 15.3. The van der Waals surface area contributed by atoms with Crippen molar-refractivity contribution in [3.8, 4) is 5.75 Å². The number of aromatic amines is 2. The fourth-order valence-corrected chi connectivity index (χ4v) is 4.81. The van der Waals surface area contributed by atoms with Crippen molar-refractivity contribution in [3.63, 3.8) is 0 Å². The molecule has 0 bridgehead atoms. The number of fused-ring (bicyclic) bond motifs is 2. The monoisotopic (exact) mass is 387 g/mol. The lowest BCUT2D eigenvalue weighted by Gasteiger charge is -2.21. The first-order valence-corrected chi connectivity index (χ1v) is 9.78. The molecule has 0 saturated heterocycles. The Balaban J connectivity index is 1.82. The summed E-state index contributed by atoms with van der Waals surface area (Å²) in [7, 11) is -3.83. The van der Waals surface area contributed by atoms with Crippen LogP contribution in [0.15, 0.2) is 50.9 Å². The third-order valence-corrected chi connectivity index (χ3v) is 6.54. The Labute approximate surface area is 154 Å². The smallest absolute Gasteiger partial charge is 0.314 e. The number of sulfonamides is 1. The van der Waals surface area contributed by atoms with Crippen molar-refractivity contribution in [1.29, 1.82) is 0 Å². The molecule has 0 fully saturated rings. The van der Waals surface area contributed by atoms with Crippen LogP contribution >= 0.6 is 0 Å². The van der Waals surface area contributed by atoms with E-state index in [1.165, 1.54) is 10.4 Å². The normalized spacial score (nSPS) is 15.1. The number of rotatable bonds is 2. The summed E-state index contributed by atoms with van der Waals surface area (Å²) in [6.45, 7) is 2.29. The quantitative estimate of drug-likeness (QED) is 0.640.